The quantitative estimate of drug-likeness (QED) is 0.584. The zero-order valence-electron chi connectivity index (χ0n) is 18.6. The van der Waals surface area contributed by atoms with E-state index in [0.29, 0.717) is 30.9 Å². The van der Waals surface area contributed by atoms with Gasteiger partial charge in [0.2, 0.25) is 11.8 Å². The van der Waals surface area contributed by atoms with Crippen LogP contribution in [0.5, 0.6) is 0 Å². The Morgan fingerprint density at radius 3 is 2.36 bits per heavy atom. The number of carbonyl (C=O) groups excluding carboxylic acids is 3. The molecule has 1 fully saturated rings. The van der Waals surface area contributed by atoms with Gasteiger partial charge in [-0.1, -0.05) is 72.3 Å². The van der Waals surface area contributed by atoms with E-state index >= 15 is 0 Å². The van der Waals surface area contributed by atoms with Crippen molar-refractivity contribution in [2.75, 3.05) is 11.9 Å². The van der Waals surface area contributed by atoms with Gasteiger partial charge in [0.05, 0.1) is 17.2 Å². The number of rotatable bonds is 7. The second-order valence-electron chi connectivity index (χ2n) is 8.36. The minimum Gasteiger partial charge on any atom is -0.348 e. The third-order valence-corrected chi connectivity index (χ3v) is 5.80. The number of para-hydroxylation sites is 1. The molecule has 33 heavy (non-hydrogen) atoms. The summed E-state index contributed by atoms with van der Waals surface area (Å²) in [5, 5.41) is 5.77. The Morgan fingerprint density at radius 1 is 0.909 bits per heavy atom. The van der Waals surface area contributed by atoms with Gasteiger partial charge in [0.25, 0.3) is 5.91 Å². The molecule has 0 bridgehead atoms. The van der Waals surface area contributed by atoms with Crippen LogP contribution in [0.2, 0.25) is 0 Å². The summed E-state index contributed by atoms with van der Waals surface area (Å²) >= 11 is 0. The van der Waals surface area contributed by atoms with E-state index in [9.17, 15) is 14.4 Å². The Labute approximate surface area is 193 Å². The average molecular weight is 442 g/mol. The van der Waals surface area contributed by atoms with Crippen LogP contribution in [0.1, 0.15) is 33.5 Å². The molecule has 1 aliphatic heterocycles. The topological polar surface area (TPSA) is 78.5 Å². The van der Waals surface area contributed by atoms with Crippen LogP contribution in [0.3, 0.4) is 0 Å². The molecule has 0 unspecified atom stereocenters. The fourth-order valence-electron chi connectivity index (χ4n) is 3.91. The maximum Gasteiger partial charge on any atom is 0.253 e. The number of likely N-dealkylation sites (tertiary alicyclic amines) is 1. The van der Waals surface area contributed by atoms with Crippen LogP contribution in [0, 0.1) is 12.8 Å². The lowest BCUT2D eigenvalue weighted by Gasteiger charge is -2.17. The highest BCUT2D eigenvalue weighted by Gasteiger charge is 2.34. The predicted octanol–water partition coefficient (Wildman–Crippen LogP) is 3.91. The van der Waals surface area contributed by atoms with Crippen molar-refractivity contribution in [3.63, 3.8) is 0 Å². The summed E-state index contributed by atoms with van der Waals surface area (Å²) in [6.07, 6.45) is 0.167. The molecule has 3 amide bonds. The first-order valence-electron chi connectivity index (χ1n) is 11.0. The summed E-state index contributed by atoms with van der Waals surface area (Å²) in [6.45, 7) is 3.26. The molecule has 0 aromatic heterocycles. The molecule has 1 heterocycles. The van der Waals surface area contributed by atoms with Crippen molar-refractivity contribution < 1.29 is 14.4 Å². The Morgan fingerprint density at radius 2 is 1.61 bits per heavy atom. The van der Waals surface area contributed by atoms with Crippen LogP contribution >= 0.6 is 0 Å². The molecule has 0 saturated carbocycles. The monoisotopic (exact) mass is 441 g/mol. The highest BCUT2D eigenvalue weighted by atomic mass is 16.2. The Kier molecular flexibility index (Phi) is 6.83. The molecule has 6 heteroatoms. The number of nitrogens with zero attached hydrogens (tertiary/aromatic N) is 1. The Bertz CT molecular complexity index is 1140. The summed E-state index contributed by atoms with van der Waals surface area (Å²) < 4.78 is 0. The first-order chi connectivity index (χ1) is 16.0. The highest BCUT2D eigenvalue weighted by Crippen LogP contribution is 2.23. The van der Waals surface area contributed by atoms with E-state index in [4.69, 9.17) is 0 Å². The van der Waals surface area contributed by atoms with Crippen LogP contribution in [-0.4, -0.2) is 29.2 Å². The third kappa shape index (κ3) is 5.66. The Balaban J connectivity index is 1.38. The number of anilines is 1. The maximum atomic E-state index is 12.9. The van der Waals surface area contributed by atoms with Crippen molar-refractivity contribution in [3.8, 4) is 0 Å². The molecule has 4 rings (SSSR count). The molecule has 0 spiro atoms. The molecule has 6 nitrogen and oxygen atoms in total. The number of nitrogens with one attached hydrogen (secondary N) is 2. The van der Waals surface area contributed by atoms with Crippen LogP contribution in [0.15, 0.2) is 78.9 Å². The van der Waals surface area contributed by atoms with Crippen molar-refractivity contribution >= 4 is 23.4 Å². The lowest BCUT2D eigenvalue weighted by atomic mass is 10.1. The molecular weight excluding hydrogens is 414 g/mol. The number of amides is 3. The van der Waals surface area contributed by atoms with E-state index < -0.39 is 5.92 Å². The van der Waals surface area contributed by atoms with Crippen molar-refractivity contribution in [1.29, 1.82) is 0 Å². The average Bonchev–Trinajstić information content (AvgIpc) is 3.20. The number of hydrogen-bond donors (Lipinski definition) is 2. The summed E-state index contributed by atoms with van der Waals surface area (Å²) in [4.78, 5) is 39.9. The smallest absolute Gasteiger partial charge is 0.253 e. The van der Waals surface area contributed by atoms with Crippen LogP contribution in [-0.2, 0) is 22.7 Å². The summed E-state index contributed by atoms with van der Waals surface area (Å²) in [5.74, 6) is -1.01. The summed E-state index contributed by atoms with van der Waals surface area (Å²) in [7, 11) is 0. The lowest BCUT2D eigenvalue weighted by molar-refractivity contribution is -0.128. The highest BCUT2D eigenvalue weighted by molar-refractivity contribution is 6.05. The van der Waals surface area contributed by atoms with E-state index in [0.717, 1.165) is 16.7 Å². The molecule has 1 atom stereocenters. The van der Waals surface area contributed by atoms with E-state index in [1.165, 1.54) is 0 Å². The second-order valence-corrected chi connectivity index (χ2v) is 8.36. The molecule has 3 aromatic carbocycles. The van der Waals surface area contributed by atoms with Crippen LogP contribution in [0.25, 0.3) is 0 Å². The molecular formula is C27H27N3O3. The fourth-order valence-corrected chi connectivity index (χ4v) is 3.91. The predicted molar refractivity (Wildman–Crippen MR) is 127 cm³/mol. The van der Waals surface area contributed by atoms with E-state index in [-0.39, 0.29) is 24.1 Å². The summed E-state index contributed by atoms with van der Waals surface area (Å²) in [5.41, 5.74) is 4.02. The zero-order chi connectivity index (χ0) is 23.2. The van der Waals surface area contributed by atoms with E-state index in [2.05, 4.69) is 10.6 Å². The van der Waals surface area contributed by atoms with E-state index in [1.54, 1.807) is 29.2 Å². The second kappa shape index (κ2) is 10.1. The van der Waals surface area contributed by atoms with Crippen LogP contribution in [0.4, 0.5) is 5.69 Å². The van der Waals surface area contributed by atoms with Crippen molar-refractivity contribution in [2.45, 2.75) is 26.4 Å². The Hall–Kier alpha value is -3.93. The minimum atomic E-state index is -0.454. The first kappa shape index (κ1) is 22.3. The van der Waals surface area contributed by atoms with Gasteiger partial charge in [0.15, 0.2) is 0 Å². The van der Waals surface area contributed by atoms with Crippen molar-refractivity contribution in [3.05, 3.63) is 101 Å². The van der Waals surface area contributed by atoms with E-state index in [1.807, 2.05) is 61.5 Å². The molecule has 1 saturated heterocycles. The number of carbonyl (C=O) groups is 3. The number of hydrogen-bond acceptors (Lipinski definition) is 3. The number of benzene rings is 3. The van der Waals surface area contributed by atoms with Gasteiger partial charge in [-0.25, -0.2) is 0 Å². The molecule has 1 aliphatic rings. The van der Waals surface area contributed by atoms with Crippen molar-refractivity contribution in [2.24, 2.45) is 5.92 Å². The lowest BCUT2D eigenvalue weighted by Crippen LogP contribution is -2.29. The zero-order valence-corrected chi connectivity index (χ0v) is 18.6. The largest absolute Gasteiger partial charge is 0.348 e. The van der Waals surface area contributed by atoms with Gasteiger partial charge in [-0.05, 0) is 30.2 Å². The third-order valence-electron chi connectivity index (χ3n) is 5.80. The summed E-state index contributed by atoms with van der Waals surface area (Å²) in [6, 6.07) is 24.6. The van der Waals surface area contributed by atoms with Gasteiger partial charge in [0, 0.05) is 26.1 Å². The first-order valence-corrected chi connectivity index (χ1v) is 11.0. The SMILES string of the molecule is Cc1ccc(CNC(=O)c2ccccc2NC(=O)[C@@H]2CC(=O)N(Cc3ccccc3)C2)cc1. The molecule has 168 valence electrons. The van der Waals surface area contributed by atoms with Gasteiger partial charge in [0.1, 0.15) is 0 Å². The maximum absolute atomic E-state index is 12.9. The van der Waals surface area contributed by atoms with Gasteiger partial charge in [-0.15, -0.1) is 0 Å². The molecule has 0 aliphatic carbocycles. The molecule has 0 radical (unpaired) electrons. The van der Waals surface area contributed by atoms with Gasteiger partial charge in [-0.2, -0.15) is 0 Å². The van der Waals surface area contributed by atoms with Gasteiger partial charge in [-0.3, -0.25) is 14.4 Å². The van der Waals surface area contributed by atoms with Crippen molar-refractivity contribution in [1.82, 2.24) is 10.2 Å². The number of aryl methyl sites for hydroxylation is 1. The minimum absolute atomic E-state index is 0.0388. The van der Waals surface area contributed by atoms with Gasteiger partial charge < -0.3 is 15.5 Å². The standard InChI is InChI=1S/C27H27N3O3/c1-19-11-13-20(14-12-19)16-28-27(33)23-9-5-6-10-24(23)29-26(32)22-15-25(31)30(18-22)17-21-7-3-2-4-8-21/h2-14,22H,15-18H2,1H3,(H,28,33)(H,29,32)/t22-/m1/s1. The fraction of sp³-hybridized carbons (Fsp3) is 0.222. The molecule has 2 N–H and O–H groups in total. The van der Waals surface area contributed by atoms with Gasteiger partial charge >= 0.3 is 0 Å². The normalized spacial score (nSPS) is 15.4. The van der Waals surface area contributed by atoms with Crippen LogP contribution < -0.4 is 10.6 Å². The molecule has 3 aromatic rings.